The summed E-state index contributed by atoms with van der Waals surface area (Å²) in [7, 11) is 0. The molecule has 4 heteroatoms. The summed E-state index contributed by atoms with van der Waals surface area (Å²) in [5.41, 5.74) is 2.37. The molecule has 4 aliphatic rings. The zero-order valence-corrected chi connectivity index (χ0v) is 6.36. The fourth-order valence-electron chi connectivity index (χ4n) is 1.81. The Morgan fingerprint density at radius 2 is 1.33 bits per heavy atom. The van der Waals surface area contributed by atoms with Crippen LogP contribution in [0.2, 0.25) is 0 Å². The van der Waals surface area contributed by atoms with E-state index >= 15 is 0 Å². The summed E-state index contributed by atoms with van der Waals surface area (Å²) in [5, 5.41) is 0. The molecule has 4 nitrogen and oxygen atoms in total. The first-order valence-corrected chi connectivity index (χ1v) is 4.02. The smallest absolute Gasteiger partial charge is 0.177 e. The van der Waals surface area contributed by atoms with Crippen molar-refractivity contribution in [2.45, 2.75) is 13.1 Å². The summed E-state index contributed by atoms with van der Waals surface area (Å²) in [6.45, 7) is 1.97. The van der Waals surface area contributed by atoms with E-state index in [1.807, 2.05) is 0 Å². The van der Waals surface area contributed by atoms with Crippen LogP contribution in [0.3, 0.4) is 0 Å². The molecule has 0 saturated carbocycles. The maximum atomic E-state index is 4.42. The second kappa shape index (κ2) is 1.33. The van der Waals surface area contributed by atoms with Gasteiger partial charge in [0.1, 0.15) is 0 Å². The highest BCUT2D eigenvalue weighted by atomic mass is 15.2. The van der Waals surface area contributed by atoms with Gasteiger partial charge >= 0.3 is 0 Å². The van der Waals surface area contributed by atoms with Crippen LogP contribution in [0.5, 0.6) is 0 Å². The third kappa shape index (κ3) is 0.391. The highest BCUT2D eigenvalue weighted by Crippen LogP contribution is 2.29. The van der Waals surface area contributed by atoms with Crippen molar-refractivity contribution in [3.8, 4) is 11.6 Å². The fourth-order valence-corrected chi connectivity index (χ4v) is 1.81. The number of hydrogen-bond acceptors (Lipinski definition) is 2. The molecule has 4 bridgehead atoms. The monoisotopic (exact) mass is 158 g/mol. The highest BCUT2D eigenvalue weighted by Gasteiger charge is 2.26. The second-order valence-electron chi connectivity index (χ2n) is 3.37. The van der Waals surface area contributed by atoms with Gasteiger partial charge in [0.25, 0.3) is 0 Å². The Kier molecular flexibility index (Phi) is 0.568. The average molecular weight is 158 g/mol. The molecule has 0 N–H and O–H groups in total. The van der Waals surface area contributed by atoms with Gasteiger partial charge in [-0.25, -0.2) is 9.97 Å². The Labute approximate surface area is 68.5 Å². The topological polar surface area (TPSA) is 35.6 Å². The lowest BCUT2D eigenvalue weighted by Crippen LogP contribution is -2.07. The van der Waals surface area contributed by atoms with Crippen molar-refractivity contribution >= 4 is 0 Å². The molecule has 0 aliphatic carbocycles. The molecular weight excluding hydrogens is 152 g/mol. The van der Waals surface area contributed by atoms with Crippen LogP contribution >= 0.6 is 0 Å². The standard InChI is InChI=1S/C8H6N4/c1-5-2-11(1)7(9-5)8-10-6-3-12(8)4-6/h1,3H,2,4H2. The SMILES string of the molecule is c1c2nc(-c3nc4cn3C4)n1C2. The molecule has 2 aromatic rings. The maximum absolute atomic E-state index is 4.42. The number of rotatable bonds is 1. The van der Waals surface area contributed by atoms with Gasteiger partial charge in [0.15, 0.2) is 11.6 Å². The molecule has 0 atom stereocenters. The first kappa shape index (κ1) is 5.13. The van der Waals surface area contributed by atoms with Gasteiger partial charge in [0, 0.05) is 12.4 Å². The third-order valence-electron chi connectivity index (χ3n) is 2.52. The van der Waals surface area contributed by atoms with E-state index in [0.717, 1.165) is 24.7 Å². The van der Waals surface area contributed by atoms with Crippen molar-refractivity contribution in [3.63, 3.8) is 0 Å². The van der Waals surface area contributed by atoms with E-state index in [2.05, 4.69) is 31.5 Å². The minimum Gasteiger partial charge on any atom is -0.322 e. The summed E-state index contributed by atoms with van der Waals surface area (Å²) in [6.07, 6.45) is 4.14. The predicted molar refractivity (Wildman–Crippen MR) is 41.7 cm³/mol. The summed E-state index contributed by atoms with van der Waals surface area (Å²) in [5.74, 6) is 2.07. The lowest BCUT2D eigenvalue weighted by atomic mass is 10.4. The van der Waals surface area contributed by atoms with Crippen molar-refractivity contribution in [3.05, 3.63) is 23.8 Å². The minimum absolute atomic E-state index is 0.984. The van der Waals surface area contributed by atoms with Crippen LogP contribution in [-0.2, 0) is 13.1 Å². The zero-order valence-electron chi connectivity index (χ0n) is 6.36. The van der Waals surface area contributed by atoms with Crippen LogP contribution in [0.1, 0.15) is 11.4 Å². The van der Waals surface area contributed by atoms with E-state index in [-0.39, 0.29) is 0 Å². The van der Waals surface area contributed by atoms with Crippen molar-refractivity contribution in [1.29, 1.82) is 0 Å². The van der Waals surface area contributed by atoms with Crippen LogP contribution in [-0.4, -0.2) is 19.1 Å². The molecule has 58 valence electrons. The van der Waals surface area contributed by atoms with Crippen LogP contribution in [0.15, 0.2) is 12.4 Å². The average Bonchev–Trinajstić information content (AvgIpc) is 2.56. The molecule has 0 spiro atoms. The maximum Gasteiger partial charge on any atom is 0.177 e. The Morgan fingerprint density at radius 3 is 1.58 bits per heavy atom. The van der Waals surface area contributed by atoms with Crippen molar-refractivity contribution < 1.29 is 0 Å². The molecule has 4 aliphatic heterocycles. The van der Waals surface area contributed by atoms with Gasteiger partial charge in [-0.05, 0) is 0 Å². The number of aromatic nitrogens is 4. The van der Waals surface area contributed by atoms with Gasteiger partial charge in [-0.15, -0.1) is 0 Å². The first-order chi connectivity index (χ1) is 5.90. The second-order valence-corrected chi connectivity index (χ2v) is 3.37. The predicted octanol–water partition coefficient (Wildman–Crippen LogP) is 0.470. The van der Waals surface area contributed by atoms with Crippen molar-refractivity contribution in [2.24, 2.45) is 0 Å². The fraction of sp³-hybridized carbons (Fsp3) is 0.250. The van der Waals surface area contributed by atoms with Crippen LogP contribution in [0.25, 0.3) is 11.6 Å². The molecule has 6 heterocycles. The van der Waals surface area contributed by atoms with Gasteiger partial charge in [-0.2, -0.15) is 0 Å². The molecule has 0 radical (unpaired) electrons. The molecule has 0 saturated heterocycles. The molecule has 0 unspecified atom stereocenters. The number of nitrogens with zero attached hydrogens (tertiary/aromatic N) is 4. The Morgan fingerprint density at radius 1 is 0.917 bits per heavy atom. The largest absolute Gasteiger partial charge is 0.322 e. The van der Waals surface area contributed by atoms with Crippen LogP contribution < -0.4 is 0 Å². The van der Waals surface area contributed by atoms with E-state index in [1.54, 1.807) is 0 Å². The lowest BCUT2D eigenvalue weighted by molar-refractivity contribution is 0.728. The van der Waals surface area contributed by atoms with Crippen molar-refractivity contribution in [1.82, 2.24) is 19.1 Å². The van der Waals surface area contributed by atoms with Gasteiger partial charge in [0.2, 0.25) is 0 Å². The Bertz CT molecular complexity index is 445. The zero-order chi connectivity index (χ0) is 7.71. The van der Waals surface area contributed by atoms with Gasteiger partial charge in [-0.1, -0.05) is 0 Å². The molecule has 0 amide bonds. The normalized spacial score (nSPS) is 15.7. The summed E-state index contributed by atoms with van der Waals surface area (Å²) in [6, 6.07) is 0. The Hall–Kier alpha value is -1.58. The van der Waals surface area contributed by atoms with Crippen LogP contribution in [0, 0.1) is 0 Å². The minimum atomic E-state index is 0.984. The number of imidazole rings is 2. The summed E-state index contributed by atoms with van der Waals surface area (Å²) in [4.78, 5) is 8.84. The quantitative estimate of drug-likeness (QED) is 0.403. The van der Waals surface area contributed by atoms with Crippen molar-refractivity contribution in [2.75, 3.05) is 0 Å². The van der Waals surface area contributed by atoms with E-state index in [4.69, 9.17) is 0 Å². The molecule has 6 rings (SSSR count). The third-order valence-corrected chi connectivity index (χ3v) is 2.52. The first-order valence-electron chi connectivity index (χ1n) is 4.02. The number of fused-ring (bicyclic) bond motifs is 3. The van der Waals surface area contributed by atoms with Gasteiger partial charge in [-0.3, -0.25) is 0 Å². The van der Waals surface area contributed by atoms with E-state index in [0.29, 0.717) is 0 Å². The molecule has 0 aromatic carbocycles. The molecular formula is C8H6N4. The highest BCUT2D eigenvalue weighted by molar-refractivity contribution is 5.52. The molecule has 0 fully saturated rings. The lowest BCUT2D eigenvalue weighted by Gasteiger charge is -2.08. The van der Waals surface area contributed by atoms with E-state index in [1.165, 1.54) is 11.4 Å². The van der Waals surface area contributed by atoms with Crippen LogP contribution in [0.4, 0.5) is 0 Å². The summed E-state index contributed by atoms with van der Waals surface area (Å²) >= 11 is 0. The molecule has 2 aromatic heterocycles. The summed E-state index contributed by atoms with van der Waals surface area (Å²) < 4.78 is 4.28. The van der Waals surface area contributed by atoms with E-state index < -0.39 is 0 Å². The van der Waals surface area contributed by atoms with E-state index in [9.17, 15) is 0 Å². The van der Waals surface area contributed by atoms with Gasteiger partial charge < -0.3 is 9.13 Å². The number of hydrogen-bond donors (Lipinski definition) is 0. The Balaban J connectivity index is 2.04. The molecule has 12 heavy (non-hydrogen) atoms. The van der Waals surface area contributed by atoms with Gasteiger partial charge in [0.05, 0.1) is 24.5 Å².